The molecule has 0 radical (unpaired) electrons. The lowest BCUT2D eigenvalue weighted by Gasteiger charge is -2.32. The van der Waals surface area contributed by atoms with E-state index in [0.717, 1.165) is 31.2 Å². The van der Waals surface area contributed by atoms with E-state index in [0.29, 0.717) is 0 Å². The molecule has 0 fully saturated rings. The fraction of sp³-hybridized carbons (Fsp3) is 0.367. The molecule has 0 saturated carbocycles. The summed E-state index contributed by atoms with van der Waals surface area (Å²) in [6.45, 7) is 11.3. The van der Waals surface area contributed by atoms with Crippen molar-refractivity contribution >= 4 is 6.21 Å². The highest BCUT2D eigenvalue weighted by molar-refractivity contribution is 5.88. The van der Waals surface area contributed by atoms with Crippen molar-refractivity contribution < 1.29 is 5.21 Å². The van der Waals surface area contributed by atoms with E-state index in [4.69, 9.17) is 5.21 Å². The average molecular weight is 426 g/mol. The maximum atomic E-state index is 9.08. The van der Waals surface area contributed by atoms with Crippen LogP contribution in [0.1, 0.15) is 82.6 Å². The molecule has 3 aromatic rings. The Kier molecular flexibility index (Phi) is 5.99. The second-order valence-electron chi connectivity index (χ2n) is 10.2. The maximum absolute atomic E-state index is 9.08. The van der Waals surface area contributed by atoms with Crippen molar-refractivity contribution in [3.05, 3.63) is 82.9 Å². The highest BCUT2D eigenvalue weighted by Gasteiger charge is 2.42. The number of hydrogen-bond donors (Lipinski definition) is 1. The van der Waals surface area contributed by atoms with Crippen molar-refractivity contribution in [3.8, 4) is 22.3 Å². The van der Waals surface area contributed by atoms with E-state index >= 15 is 0 Å². The van der Waals surface area contributed by atoms with Crippen molar-refractivity contribution in [3.63, 3.8) is 0 Å². The van der Waals surface area contributed by atoms with Crippen LogP contribution in [-0.4, -0.2) is 11.4 Å². The summed E-state index contributed by atoms with van der Waals surface area (Å²) in [4.78, 5) is 0. The normalized spacial score (nSPS) is 14.5. The van der Waals surface area contributed by atoms with Gasteiger partial charge in [0.15, 0.2) is 0 Å². The minimum atomic E-state index is 0.00876. The first-order valence-electron chi connectivity index (χ1n) is 11.9. The summed E-state index contributed by atoms with van der Waals surface area (Å²) in [7, 11) is 0. The van der Waals surface area contributed by atoms with Gasteiger partial charge in [0.2, 0.25) is 0 Å². The lowest BCUT2D eigenvalue weighted by Crippen LogP contribution is -2.25. The standard InChI is InChI=1S/C30H35NO/c1-6-16-30(17-7-2)27-18-21(20-31-32)8-14-25(27)26-15-11-23(19-28(26)30)22-9-12-24(13-10-22)29(3,4)5/h8-15,18-20,32H,6-7,16-17H2,1-5H3/b31-20-. The van der Waals surface area contributed by atoms with E-state index in [1.165, 1.54) is 45.2 Å². The quantitative estimate of drug-likeness (QED) is 0.240. The first-order chi connectivity index (χ1) is 15.3. The number of oxime groups is 1. The van der Waals surface area contributed by atoms with Crippen LogP contribution in [0.2, 0.25) is 0 Å². The smallest absolute Gasteiger partial charge is 0.0733 e. The Morgan fingerprint density at radius 3 is 1.91 bits per heavy atom. The summed E-state index contributed by atoms with van der Waals surface area (Å²) < 4.78 is 0. The van der Waals surface area contributed by atoms with Gasteiger partial charge in [-0.15, -0.1) is 0 Å². The fourth-order valence-electron chi connectivity index (χ4n) is 5.52. The van der Waals surface area contributed by atoms with Crippen LogP contribution in [0.25, 0.3) is 22.3 Å². The number of rotatable bonds is 6. The van der Waals surface area contributed by atoms with Crippen LogP contribution in [0.3, 0.4) is 0 Å². The molecule has 0 aliphatic heterocycles. The highest BCUT2D eigenvalue weighted by Crippen LogP contribution is 2.54. The minimum Gasteiger partial charge on any atom is -0.411 e. The first kappa shape index (κ1) is 22.3. The Bertz CT molecular complexity index is 1130. The van der Waals surface area contributed by atoms with Gasteiger partial charge >= 0.3 is 0 Å². The Morgan fingerprint density at radius 1 is 0.781 bits per heavy atom. The van der Waals surface area contributed by atoms with E-state index in [2.05, 4.69) is 100 Å². The van der Waals surface area contributed by atoms with E-state index in [1.807, 2.05) is 0 Å². The summed E-state index contributed by atoms with van der Waals surface area (Å²) in [5.41, 5.74) is 10.5. The molecule has 0 heterocycles. The molecule has 32 heavy (non-hydrogen) atoms. The predicted molar refractivity (Wildman–Crippen MR) is 136 cm³/mol. The summed E-state index contributed by atoms with van der Waals surface area (Å²) in [6, 6.07) is 22.6. The molecule has 0 aromatic heterocycles. The molecular formula is C30H35NO. The molecular weight excluding hydrogens is 390 g/mol. The highest BCUT2D eigenvalue weighted by atomic mass is 16.4. The molecule has 0 unspecified atom stereocenters. The van der Waals surface area contributed by atoms with Gasteiger partial charge in [0.1, 0.15) is 0 Å². The zero-order valence-electron chi connectivity index (χ0n) is 20.1. The van der Waals surface area contributed by atoms with Gasteiger partial charge in [0, 0.05) is 5.41 Å². The van der Waals surface area contributed by atoms with E-state index in [-0.39, 0.29) is 10.8 Å². The summed E-state index contributed by atoms with van der Waals surface area (Å²) in [5, 5.41) is 12.4. The summed E-state index contributed by atoms with van der Waals surface area (Å²) >= 11 is 0. The SMILES string of the molecule is CCCC1(CCC)c2cc(/C=N\O)ccc2-c2ccc(-c3ccc(C(C)(C)C)cc3)cc21. The van der Waals surface area contributed by atoms with Gasteiger partial charge in [-0.2, -0.15) is 0 Å². The van der Waals surface area contributed by atoms with E-state index in [9.17, 15) is 0 Å². The minimum absolute atomic E-state index is 0.00876. The van der Waals surface area contributed by atoms with Gasteiger partial charge in [-0.3, -0.25) is 0 Å². The van der Waals surface area contributed by atoms with Crippen LogP contribution >= 0.6 is 0 Å². The number of nitrogens with zero attached hydrogens (tertiary/aromatic N) is 1. The van der Waals surface area contributed by atoms with Crippen LogP contribution in [0.4, 0.5) is 0 Å². The summed E-state index contributed by atoms with van der Waals surface area (Å²) in [5.74, 6) is 0. The van der Waals surface area contributed by atoms with Crippen molar-refractivity contribution in [1.82, 2.24) is 0 Å². The van der Waals surface area contributed by atoms with Crippen molar-refractivity contribution in [2.45, 2.75) is 71.1 Å². The average Bonchev–Trinajstić information content (AvgIpc) is 3.03. The second-order valence-corrected chi connectivity index (χ2v) is 10.2. The molecule has 1 aliphatic carbocycles. The van der Waals surface area contributed by atoms with Gasteiger partial charge in [-0.25, -0.2) is 0 Å². The zero-order chi connectivity index (χ0) is 22.9. The Morgan fingerprint density at radius 2 is 1.34 bits per heavy atom. The number of hydrogen-bond acceptors (Lipinski definition) is 2. The van der Waals surface area contributed by atoms with Crippen LogP contribution in [0.5, 0.6) is 0 Å². The van der Waals surface area contributed by atoms with Crippen molar-refractivity contribution in [2.24, 2.45) is 5.16 Å². The van der Waals surface area contributed by atoms with E-state index in [1.54, 1.807) is 0 Å². The molecule has 3 aromatic carbocycles. The van der Waals surface area contributed by atoms with Crippen molar-refractivity contribution in [1.29, 1.82) is 0 Å². The summed E-state index contributed by atoms with van der Waals surface area (Å²) in [6.07, 6.45) is 6.03. The molecule has 166 valence electrons. The third-order valence-corrected chi connectivity index (χ3v) is 7.03. The lowest BCUT2D eigenvalue weighted by molar-refractivity contribution is 0.322. The van der Waals surface area contributed by atoms with Gasteiger partial charge in [0.25, 0.3) is 0 Å². The van der Waals surface area contributed by atoms with Crippen molar-refractivity contribution in [2.75, 3.05) is 0 Å². The third kappa shape index (κ3) is 3.77. The monoisotopic (exact) mass is 425 g/mol. The maximum Gasteiger partial charge on any atom is 0.0733 e. The molecule has 1 aliphatic rings. The Balaban J connectivity index is 1.87. The van der Waals surface area contributed by atoms with Crippen LogP contribution in [0.15, 0.2) is 65.8 Å². The first-order valence-corrected chi connectivity index (χ1v) is 11.9. The molecule has 0 saturated heterocycles. The second kappa shape index (κ2) is 8.58. The lowest BCUT2D eigenvalue weighted by atomic mass is 9.71. The molecule has 2 nitrogen and oxygen atoms in total. The number of benzene rings is 3. The Hall–Kier alpha value is -2.87. The Labute approximate surface area is 193 Å². The van der Waals surface area contributed by atoms with Gasteiger partial charge < -0.3 is 5.21 Å². The van der Waals surface area contributed by atoms with Gasteiger partial charge in [0.05, 0.1) is 6.21 Å². The van der Waals surface area contributed by atoms with E-state index < -0.39 is 0 Å². The molecule has 2 heteroatoms. The molecule has 0 atom stereocenters. The van der Waals surface area contributed by atoms with Gasteiger partial charge in [-0.1, -0.05) is 101 Å². The molecule has 0 spiro atoms. The predicted octanol–water partition coefficient (Wildman–Crippen LogP) is 8.33. The van der Waals surface area contributed by atoms with Crippen LogP contribution in [-0.2, 0) is 10.8 Å². The molecule has 1 N–H and O–H groups in total. The number of fused-ring (bicyclic) bond motifs is 3. The molecule has 4 rings (SSSR count). The third-order valence-electron chi connectivity index (χ3n) is 7.03. The largest absolute Gasteiger partial charge is 0.411 e. The molecule has 0 bridgehead atoms. The topological polar surface area (TPSA) is 32.6 Å². The fourth-order valence-corrected chi connectivity index (χ4v) is 5.52. The van der Waals surface area contributed by atoms with Gasteiger partial charge in [-0.05, 0) is 74.9 Å². The zero-order valence-corrected chi connectivity index (χ0v) is 20.1. The van der Waals surface area contributed by atoms with Crippen LogP contribution in [0, 0.1) is 0 Å². The molecule has 0 amide bonds. The van der Waals surface area contributed by atoms with Crippen LogP contribution < -0.4 is 0 Å².